The Labute approximate surface area is 200 Å². The van der Waals surface area contributed by atoms with Crippen LogP contribution in [-0.2, 0) is 14.1 Å². The molecule has 7 heteroatoms. The van der Waals surface area contributed by atoms with Gasteiger partial charge in [-0.2, -0.15) is 0 Å². The number of carbonyl (C=O) groups excluding carboxylic acids is 1. The molecule has 2 atom stereocenters. The van der Waals surface area contributed by atoms with E-state index in [4.69, 9.17) is 9.73 Å². The molecule has 0 amide bonds. The van der Waals surface area contributed by atoms with Crippen molar-refractivity contribution in [3.63, 3.8) is 0 Å². The Morgan fingerprint density at radius 3 is 2.31 bits per heavy atom. The van der Waals surface area contributed by atoms with Crippen LogP contribution in [0, 0.1) is 5.92 Å². The van der Waals surface area contributed by atoms with Crippen molar-refractivity contribution in [2.45, 2.75) is 12.8 Å². The van der Waals surface area contributed by atoms with Gasteiger partial charge in [0, 0.05) is 36.7 Å². The summed E-state index contributed by atoms with van der Waals surface area (Å²) < 4.78 is 8.55. The van der Waals surface area contributed by atoms with Gasteiger partial charge in [0.05, 0.1) is 23.8 Å². The van der Waals surface area contributed by atoms with E-state index in [9.17, 15) is 14.4 Å². The SMILES string of the molecule is CCOc1ccc2ccccc2c1[C@H]1c2c(n(C)c(=O)n(C)c2=O)N=C2c3ccccc3C(=O)[C@H]21. The third-order valence-corrected chi connectivity index (χ3v) is 7.13. The van der Waals surface area contributed by atoms with E-state index in [2.05, 4.69) is 0 Å². The summed E-state index contributed by atoms with van der Waals surface area (Å²) >= 11 is 0. The molecule has 0 bridgehead atoms. The first-order chi connectivity index (χ1) is 16.9. The molecule has 1 aromatic heterocycles. The van der Waals surface area contributed by atoms with Crippen molar-refractivity contribution in [2.75, 3.05) is 6.61 Å². The van der Waals surface area contributed by atoms with Gasteiger partial charge in [-0.25, -0.2) is 9.79 Å². The van der Waals surface area contributed by atoms with Crippen molar-refractivity contribution in [2.24, 2.45) is 25.0 Å². The molecule has 0 N–H and O–H groups in total. The number of Topliss-reactive ketones (excluding diaryl/α,β-unsaturated/α-hetero) is 1. The summed E-state index contributed by atoms with van der Waals surface area (Å²) in [4.78, 5) is 45.2. The second-order valence-electron chi connectivity index (χ2n) is 8.94. The number of ketones is 1. The summed E-state index contributed by atoms with van der Waals surface area (Å²) in [6, 6.07) is 19.1. The average molecular weight is 466 g/mol. The Hall–Kier alpha value is -4.26. The van der Waals surface area contributed by atoms with Crippen LogP contribution in [0.5, 0.6) is 5.75 Å². The molecule has 35 heavy (non-hydrogen) atoms. The molecule has 3 aromatic carbocycles. The topological polar surface area (TPSA) is 82.7 Å². The second-order valence-corrected chi connectivity index (χ2v) is 8.94. The van der Waals surface area contributed by atoms with E-state index < -0.39 is 23.1 Å². The molecular weight excluding hydrogens is 442 g/mol. The van der Waals surface area contributed by atoms with Crippen molar-refractivity contribution in [3.05, 3.63) is 104 Å². The van der Waals surface area contributed by atoms with Gasteiger partial charge in [0.25, 0.3) is 5.56 Å². The number of fused-ring (bicyclic) bond motifs is 5. The van der Waals surface area contributed by atoms with Gasteiger partial charge in [-0.15, -0.1) is 0 Å². The Bertz CT molecular complexity index is 1710. The highest BCUT2D eigenvalue weighted by Gasteiger charge is 2.49. The summed E-state index contributed by atoms with van der Waals surface area (Å²) in [7, 11) is 3.07. The number of aromatic nitrogens is 2. The van der Waals surface area contributed by atoms with Crippen molar-refractivity contribution in [3.8, 4) is 5.75 Å². The summed E-state index contributed by atoms with van der Waals surface area (Å²) in [5, 5.41) is 1.87. The quantitative estimate of drug-likeness (QED) is 0.462. The summed E-state index contributed by atoms with van der Waals surface area (Å²) in [6.07, 6.45) is 0. The van der Waals surface area contributed by atoms with E-state index in [-0.39, 0.29) is 11.6 Å². The number of benzene rings is 3. The first kappa shape index (κ1) is 21.3. The Kier molecular flexibility index (Phi) is 4.64. The lowest BCUT2D eigenvalue weighted by atomic mass is 9.74. The minimum absolute atomic E-state index is 0.0821. The molecular formula is C28H23N3O4. The Morgan fingerprint density at radius 2 is 1.54 bits per heavy atom. The normalized spacial score (nSPS) is 18.1. The van der Waals surface area contributed by atoms with E-state index in [0.29, 0.717) is 29.2 Å². The Morgan fingerprint density at radius 1 is 0.829 bits per heavy atom. The fourth-order valence-corrected chi connectivity index (χ4v) is 5.56. The lowest BCUT2D eigenvalue weighted by Gasteiger charge is -2.31. The molecule has 0 spiro atoms. The molecule has 1 aliphatic heterocycles. The van der Waals surface area contributed by atoms with Crippen LogP contribution in [0.15, 0.2) is 75.2 Å². The van der Waals surface area contributed by atoms with Crippen LogP contribution in [0.2, 0.25) is 0 Å². The van der Waals surface area contributed by atoms with Gasteiger partial charge >= 0.3 is 5.69 Å². The predicted molar refractivity (Wildman–Crippen MR) is 134 cm³/mol. The third kappa shape index (κ3) is 2.84. The van der Waals surface area contributed by atoms with E-state index in [1.807, 2.05) is 61.5 Å². The molecule has 174 valence electrons. The fraction of sp³-hybridized carbons (Fsp3) is 0.214. The Balaban J connectivity index is 1.79. The number of rotatable bonds is 3. The van der Waals surface area contributed by atoms with Crippen LogP contribution in [-0.4, -0.2) is 27.2 Å². The molecule has 2 aliphatic rings. The van der Waals surface area contributed by atoms with Crippen LogP contribution in [0.1, 0.15) is 39.9 Å². The maximum absolute atomic E-state index is 13.9. The molecule has 0 fully saturated rings. The number of nitrogens with zero attached hydrogens (tertiary/aromatic N) is 3. The maximum atomic E-state index is 13.9. The van der Waals surface area contributed by atoms with Crippen LogP contribution in [0.25, 0.3) is 10.8 Å². The molecule has 6 rings (SSSR count). The van der Waals surface area contributed by atoms with Gasteiger partial charge in [0.2, 0.25) is 0 Å². The van der Waals surface area contributed by atoms with E-state index in [0.717, 1.165) is 26.5 Å². The zero-order valence-corrected chi connectivity index (χ0v) is 19.6. The zero-order valence-electron chi connectivity index (χ0n) is 19.6. The molecule has 2 heterocycles. The van der Waals surface area contributed by atoms with Gasteiger partial charge in [0.1, 0.15) is 11.6 Å². The van der Waals surface area contributed by atoms with E-state index in [1.54, 1.807) is 13.1 Å². The van der Waals surface area contributed by atoms with Crippen LogP contribution in [0.3, 0.4) is 0 Å². The van der Waals surface area contributed by atoms with Gasteiger partial charge in [-0.1, -0.05) is 54.6 Å². The molecule has 1 aliphatic carbocycles. The predicted octanol–water partition coefficient (Wildman–Crippen LogP) is 3.71. The summed E-state index contributed by atoms with van der Waals surface area (Å²) in [5.41, 5.74) is 2.09. The van der Waals surface area contributed by atoms with Gasteiger partial charge in [-0.05, 0) is 23.8 Å². The smallest absolute Gasteiger partial charge is 0.332 e. The van der Waals surface area contributed by atoms with Crippen molar-refractivity contribution in [1.82, 2.24) is 9.13 Å². The average Bonchev–Trinajstić information content (AvgIpc) is 3.17. The third-order valence-electron chi connectivity index (χ3n) is 7.13. The lowest BCUT2D eigenvalue weighted by Crippen LogP contribution is -2.43. The minimum atomic E-state index is -0.699. The van der Waals surface area contributed by atoms with Crippen molar-refractivity contribution >= 4 is 28.1 Å². The van der Waals surface area contributed by atoms with Crippen molar-refractivity contribution in [1.29, 1.82) is 0 Å². The zero-order chi connectivity index (χ0) is 24.4. The molecule has 0 radical (unpaired) electrons. The molecule has 0 saturated carbocycles. The highest BCUT2D eigenvalue weighted by Crippen LogP contribution is 2.50. The number of hydrogen-bond donors (Lipinski definition) is 0. The first-order valence-corrected chi connectivity index (χ1v) is 11.6. The van der Waals surface area contributed by atoms with Gasteiger partial charge in [0.15, 0.2) is 5.78 Å². The van der Waals surface area contributed by atoms with E-state index >= 15 is 0 Å². The summed E-state index contributed by atoms with van der Waals surface area (Å²) in [6.45, 7) is 2.33. The number of ether oxygens (including phenoxy) is 1. The van der Waals surface area contributed by atoms with E-state index in [1.165, 1.54) is 11.6 Å². The second kappa shape index (κ2) is 7.63. The highest BCUT2D eigenvalue weighted by atomic mass is 16.5. The van der Waals surface area contributed by atoms with Crippen molar-refractivity contribution < 1.29 is 9.53 Å². The first-order valence-electron chi connectivity index (χ1n) is 11.6. The largest absolute Gasteiger partial charge is 0.494 e. The van der Waals surface area contributed by atoms with Crippen LogP contribution < -0.4 is 16.0 Å². The number of carbonyl (C=O) groups is 1. The minimum Gasteiger partial charge on any atom is -0.494 e. The number of aliphatic imine (C=N–C) groups is 1. The molecule has 0 saturated heterocycles. The number of hydrogen-bond acceptors (Lipinski definition) is 5. The molecule has 7 nitrogen and oxygen atoms in total. The molecule has 0 unspecified atom stereocenters. The van der Waals surface area contributed by atoms with Gasteiger partial charge in [-0.3, -0.25) is 18.7 Å². The lowest BCUT2D eigenvalue weighted by molar-refractivity contribution is 0.0953. The molecule has 4 aromatic rings. The maximum Gasteiger partial charge on any atom is 0.332 e. The standard InChI is InChI=1S/C28H23N3O4/c1-4-35-19-14-13-15-9-5-6-10-16(15)20(19)21-22-24(17-11-7-8-12-18(17)25(22)32)29-26-23(21)27(33)31(3)28(34)30(26)2/h5-14,21-22H,4H2,1-3H3/t21-,22+/m1/s1. The highest BCUT2D eigenvalue weighted by molar-refractivity contribution is 6.30. The summed E-state index contributed by atoms with van der Waals surface area (Å²) in [5.74, 6) is -0.552. The van der Waals surface area contributed by atoms with Gasteiger partial charge < -0.3 is 4.74 Å². The van der Waals surface area contributed by atoms with Crippen LogP contribution >= 0.6 is 0 Å². The van der Waals surface area contributed by atoms with Crippen LogP contribution in [0.4, 0.5) is 5.82 Å². The monoisotopic (exact) mass is 465 g/mol. The fourth-order valence-electron chi connectivity index (χ4n) is 5.56.